The van der Waals surface area contributed by atoms with Crippen LogP contribution in [0.15, 0.2) is 36.4 Å². The van der Waals surface area contributed by atoms with Gasteiger partial charge >= 0.3 is 5.97 Å². The van der Waals surface area contributed by atoms with Crippen molar-refractivity contribution in [3.8, 4) is 0 Å². The molecule has 0 bridgehead atoms. The molecule has 2 rings (SSSR count). The Labute approximate surface area is 194 Å². The molecule has 0 unspecified atom stereocenters. The summed E-state index contributed by atoms with van der Waals surface area (Å²) in [7, 11) is 0. The smallest absolute Gasteiger partial charge is 0.306 e. The minimum absolute atomic E-state index is 0.128. The van der Waals surface area contributed by atoms with Gasteiger partial charge in [-0.2, -0.15) is 0 Å². The number of amides is 1. The first-order chi connectivity index (χ1) is 15.7. The number of halogens is 1. The summed E-state index contributed by atoms with van der Waals surface area (Å²) < 4.78 is 18.1. The van der Waals surface area contributed by atoms with E-state index < -0.39 is 30.3 Å². The number of allylic oxidation sites excluding steroid dienone is 2. The highest BCUT2D eigenvalue weighted by Gasteiger charge is 2.42. The number of aryl methyl sites for hydroxylation is 1. The lowest BCUT2D eigenvalue weighted by Crippen LogP contribution is -2.48. The van der Waals surface area contributed by atoms with Gasteiger partial charge in [-0.05, 0) is 63.6 Å². The lowest BCUT2D eigenvalue weighted by molar-refractivity contribution is -0.147. The molecule has 1 aliphatic carbocycles. The zero-order valence-corrected chi connectivity index (χ0v) is 19.3. The van der Waals surface area contributed by atoms with Crippen molar-refractivity contribution in [2.45, 2.75) is 89.3 Å². The average molecular weight is 466 g/mol. The van der Waals surface area contributed by atoms with Crippen molar-refractivity contribution in [1.82, 2.24) is 5.32 Å². The largest absolute Gasteiger partial charge is 0.463 e. The normalized spacial score (nSPS) is 23.7. The van der Waals surface area contributed by atoms with E-state index in [-0.39, 0.29) is 36.7 Å². The molecule has 1 aromatic rings. The van der Waals surface area contributed by atoms with Crippen molar-refractivity contribution in [2.75, 3.05) is 0 Å². The monoisotopic (exact) mass is 465 g/mol. The molecule has 0 saturated heterocycles. The molecular weight excluding hydrogens is 429 g/mol. The Kier molecular flexibility index (Phi) is 11.0. The summed E-state index contributed by atoms with van der Waals surface area (Å²) in [4.78, 5) is 24.0. The molecule has 0 aliphatic heterocycles. The predicted molar refractivity (Wildman–Crippen MR) is 122 cm³/mol. The number of benzene rings is 1. The van der Waals surface area contributed by atoms with Gasteiger partial charge in [0.05, 0.1) is 24.4 Å². The molecule has 1 amide bonds. The second-order valence-corrected chi connectivity index (χ2v) is 8.89. The highest BCUT2D eigenvalue weighted by Crippen LogP contribution is 2.30. The molecule has 33 heavy (non-hydrogen) atoms. The van der Waals surface area contributed by atoms with Crippen LogP contribution in [0.1, 0.15) is 57.9 Å². The van der Waals surface area contributed by atoms with Crippen LogP contribution in [-0.2, 0) is 20.7 Å². The second-order valence-electron chi connectivity index (χ2n) is 8.89. The molecule has 8 heteroatoms. The molecule has 4 N–H and O–H groups in total. The molecule has 5 atom stereocenters. The van der Waals surface area contributed by atoms with Crippen LogP contribution in [0.5, 0.6) is 0 Å². The third-order valence-corrected chi connectivity index (χ3v) is 5.78. The van der Waals surface area contributed by atoms with Crippen molar-refractivity contribution in [1.29, 1.82) is 0 Å². The highest BCUT2D eigenvalue weighted by molar-refractivity contribution is 5.80. The van der Waals surface area contributed by atoms with Crippen molar-refractivity contribution in [2.24, 2.45) is 5.92 Å². The number of nitrogens with one attached hydrogen (secondary N) is 1. The Morgan fingerprint density at radius 3 is 2.55 bits per heavy atom. The SMILES string of the molecule is CC(C)OC(=O)CCC/C=C\C[C@@H]1[C@@H](NC(=O)[C@H](O)CCc2ccc(F)cc2)[C@H](O)C[C@@H]1O. The maximum Gasteiger partial charge on any atom is 0.306 e. The van der Waals surface area contributed by atoms with Crippen LogP contribution in [-0.4, -0.2) is 57.7 Å². The van der Waals surface area contributed by atoms with Crippen LogP contribution in [0.4, 0.5) is 4.39 Å². The minimum atomic E-state index is -1.28. The first kappa shape index (κ1) is 27.0. The number of aliphatic hydroxyl groups is 3. The molecule has 0 heterocycles. The number of carbonyl (C=O) groups excluding carboxylic acids is 2. The molecule has 0 aromatic heterocycles. The van der Waals surface area contributed by atoms with Crippen molar-refractivity contribution in [3.05, 3.63) is 47.8 Å². The van der Waals surface area contributed by atoms with Gasteiger partial charge in [-0.3, -0.25) is 9.59 Å². The molecule has 1 aromatic carbocycles. The Hall–Kier alpha value is -2.29. The molecule has 1 saturated carbocycles. The lowest BCUT2D eigenvalue weighted by atomic mass is 9.96. The van der Waals surface area contributed by atoms with Crippen LogP contribution in [0.25, 0.3) is 0 Å². The van der Waals surface area contributed by atoms with Crippen LogP contribution in [0.3, 0.4) is 0 Å². The van der Waals surface area contributed by atoms with Gasteiger partial charge in [-0.25, -0.2) is 4.39 Å². The lowest BCUT2D eigenvalue weighted by Gasteiger charge is -2.25. The summed E-state index contributed by atoms with van der Waals surface area (Å²) in [5.74, 6) is -1.56. The van der Waals surface area contributed by atoms with Gasteiger partial charge in [0.25, 0.3) is 0 Å². The number of aliphatic hydroxyl groups excluding tert-OH is 3. The van der Waals surface area contributed by atoms with E-state index in [4.69, 9.17) is 4.74 Å². The van der Waals surface area contributed by atoms with Gasteiger partial charge in [0.15, 0.2) is 0 Å². The van der Waals surface area contributed by atoms with E-state index in [1.807, 2.05) is 12.2 Å². The van der Waals surface area contributed by atoms with Crippen molar-refractivity contribution < 1.29 is 34.0 Å². The number of hydrogen-bond acceptors (Lipinski definition) is 6. The van der Waals surface area contributed by atoms with Crippen molar-refractivity contribution >= 4 is 11.9 Å². The fraction of sp³-hybridized carbons (Fsp3) is 0.600. The fourth-order valence-corrected chi connectivity index (χ4v) is 4.00. The Morgan fingerprint density at radius 2 is 1.88 bits per heavy atom. The van der Waals surface area contributed by atoms with E-state index in [1.54, 1.807) is 26.0 Å². The van der Waals surface area contributed by atoms with Crippen LogP contribution < -0.4 is 5.32 Å². The van der Waals surface area contributed by atoms with Gasteiger partial charge in [-0.1, -0.05) is 24.3 Å². The third kappa shape index (κ3) is 9.23. The number of rotatable bonds is 12. The molecule has 184 valence electrons. The van der Waals surface area contributed by atoms with E-state index in [1.165, 1.54) is 12.1 Å². The zero-order valence-electron chi connectivity index (χ0n) is 19.3. The van der Waals surface area contributed by atoms with Crippen LogP contribution in [0, 0.1) is 11.7 Å². The average Bonchev–Trinajstić information content (AvgIpc) is 3.01. The zero-order chi connectivity index (χ0) is 24.4. The third-order valence-electron chi connectivity index (χ3n) is 5.78. The summed E-state index contributed by atoms with van der Waals surface area (Å²) in [5, 5.41) is 33.5. The van der Waals surface area contributed by atoms with E-state index in [0.29, 0.717) is 32.1 Å². The predicted octanol–water partition coefficient (Wildman–Crippen LogP) is 2.41. The highest BCUT2D eigenvalue weighted by atomic mass is 19.1. The van der Waals surface area contributed by atoms with Gasteiger partial charge in [0.2, 0.25) is 5.91 Å². The summed E-state index contributed by atoms with van der Waals surface area (Å²) in [6.07, 6.45) is 3.54. The number of hydrogen-bond donors (Lipinski definition) is 4. The Bertz CT molecular complexity index is 782. The molecular formula is C25H36FNO6. The quantitative estimate of drug-likeness (QED) is 0.214. The summed E-state index contributed by atoms with van der Waals surface area (Å²) in [6.45, 7) is 3.61. The number of unbranched alkanes of at least 4 members (excludes halogenated alkanes) is 1. The second kappa shape index (κ2) is 13.4. The first-order valence-electron chi connectivity index (χ1n) is 11.6. The molecule has 1 fully saturated rings. The Morgan fingerprint density at radius 1 is 1.18 bits per heavy atom. The van der Waals surface area contributed by atoms with Gasteiger partial charge in [0, 0.05) is 18.8 Å². The first-order valence-corrected chi connectivity index (χ1v) is 11.6. The molecule has 0 radical (unpaired) electrons. The van der Waals surface area contributed by atoms with Crippen molar-refractivity contribution in [3.63, 3.8) is 0 Å². The van der Waals surface area contributed by atoms with Gasteiger partial charge in [0.1, 0.15) is 11.9 Å². The Balaban J connectivity index is 1.78. The maximum absolute atomic E-state index is 13.0. The number of ether oxygens (including phenoxy) is 1. The van der Waals surface area contributed by atoms with Gasteiger partial charge in [-0.15, -0.1) is 0 Å². The van der Waals surface area contributed by atoms with E-state index in [9.17, 15) is 29.3 Å². The van der Waals surface area contributed by atoms with E-state index in [2.05, 4.69) is 5.32 Å². The number of esters is 1. The number of carbonyl (C=O) groups is 2. The summed E-state index contributed by atoms with van der Waals surface area (Å²) in [5.41, 5.74) is 0.806. The minimum Gasteiger partial charge on any atom is -0.463 e. The maximum atomic E-state index is 13.0. The van der Waals surface area contributed by atoms with E-state index in [0.717, 1.165) is 5.56 Å². The standard InChI is InChI=1S/C25H36FNO6/c1-16(2)33-23(31)8-6-4-3-5-7-19-21(29)15-22(30)24(19)27-25(32)20(28)14-11-17-9-12-18(26)13-10-17/h3,5,9-10,12-13,16,19-22,24,28-30H,4,6-8,11,14-15H2,1-2H3,(H,27,32)/b5-3-/t19-,20+,21-,22+,24+/m0/s1. The van der Waals surface area contributed by atoms with Crippen LogP contribution >= 0.6 is 0 Å². The topological polar surface area (TPSA) is 116 Å². The molecule has 0 spiro atoms. The van der Waals surface area contributed by atoms with Crippen LogP contribution in [0.2, 0.25) is 0 Å². The summed E-state index contributed by atoms with van der Waals surface area (Å²) >= 11 is 0. The van der Waals surface area contributed by atoms with Gasteiger partial charge < -0.3 is 25.4 Å². The summed E-state index contributed by atoms with van der Waals surface area (Å²) in [6, 6.07) is 5.19. The molecule has 1 aliphatic rings. The fourth-order valence-electron chi connectivity index (χ4n) is 4.00. The van der Waals surface area contributed by atoms with E-state index >= 15 is 0 Å². The molecule has 7 nitrogen and oxygen atoms in total.